The van der Waals surface area contributed by atoms with Gasteiger partial charge in [0.25, 0.3) is 0 Å². The number of nitrogens with one attached hydrogen (secondary N) is 1. The van der Waals surface area contributed by atoms with Gasteiger partial charge in [0.15, 0.2) is 0 Å². The Balaban J connectivity index is 2.70. The molecule has 2 atom stereocenters. The van der Waals surface area contributed by atoms with Crippen molar-refractivity contribution in [1.82, 2.24) is 5.32 Å². The Bertz CT molecular complexity index is 247. The van der Waals surface area contributed by atoms with E-state index >= 15 is 0 Å². The third-order valence-electron chi connectivity index (χ3n) is 1.51. The Morgan fingerprint density at radius 2 is 2.33 bits per heavy atom. The number of hydrogen-bond acceptors (Lipinski definition) is 1. The normalized spacial score (nSPS) is 33.4. The molecule has 1 aliphatic rings. The fourth-order valence-corrected chi connectivity index (χ4v) is 1.57. The van der Waals surface area contributed by atoms with Crippen LogP contribution in [0.15, 0.2) is 24.3 Å². The first-order valence-electron chi connectivity index (χ1n) is 3.53. The van der Waals surface area contributed by atoms with Crippen LogP contribution in [-0.2, 0) is 4.79 Å². The van der Waals surface area contributed by atoms with Crippen LogP contribution in [0, 0.1) is 0 Å². The van der Waals surface area contributed by atoms with Crippen molar-refractivity contribution in [2.45, 2.75) is 16.7 Å². The zero-order valence-electron chi connectivity index (χ0n) is 6.55. The third-order valence-corrected chi connectivity index (χ3v) is 2.63. The van der Waals surface area contributed by atoms with Crippen LogP contribution in [0.1, 0.15) is 6.92 Å². The summed E-state index contributed by atoms with van der Waals surface area (Å²) < 4.78 is -0.687. The molecule has 0 aromatic heterocycles. The van der Waals surface area contributed by atoms with E-state index in [0.717, 1.165) is 0 Å². The van der Waals surface area contributed by atoms with Crippen molar-refractivity contribution in [3.05, 3.63) is 24.3 Å². The van der Waals surface area contributed by atoms with E-state index in [1.165, 1.54) is 6.92 Å². The predicted octanol–water partition coefficient (Wildman–Crippen LogP) is 1.95. The minimum atomic E-state index is -0.687. The van der Waals surface area contributed by atoms with E-state index in [1.54, 1.807) is 6.08 Å². The average molecular weight is 251 g/mol. The number of hydrogen-bond donors (Lipinski definition) is 1. The first-order valence-corrected chi connectivity index (χ1v) is 4.70. The molecule has 1 aliphatic carbocycles. The zero-order chi connectivity index (χ0) is 9.19. The van der Waals surface area contributed by atoms with Crippen LogP contribution < -0.4 is 5.32 Å². The number of amides is 1. The molecule has 0 spiro atoms. The Hall–Kier alpha value is -0.280. The quantitative estimate of drug-likeness (QED) is 0.708. The molecule has 0 bridgehead atoms. The second kappa shape index (κ2) is 3.62. The van der Waals surface area contributed by atoms with Gasteiger partial charge in [0, 0.05) is 6.92 Å². The lowest BCUT2D eigenvalue weighted by atomic mass is 10.1. The van der Waals surface area contributed by atoms with E-state index in [9.17, 15) is 4.79 Å². The highest BCUT2D eigenvalue weighted by Gasteiger charge is 2.31. The van der Waals surface area contributed by atoms with E-state index in [4.69, 9.17) is 11.6 Å². The summed E-state index contributed by atoms with van der Waals surface area (Å²) in [5, 5.41) is 2.72. The average Bonchev–Trinajstić information content (AvgIpc) is 1.92. The van der Waals surface area contributed by atoms with Gasteiger partial charge in [-0.1, -0.05) is 51.8 Å². The number of rotatable bonds is 1. The maximum absolute atomic E-state index is 10.8. The van der Waals surface area contributed by atoms with E-state index in [0.29, 0.717) is 0 Å². The summed E-state index contributed by atoms with van der Waals surface area (Å²) >= 11 is 9.35. The lowest BCUT2D eigenvalue weighted by Gasteiger charge is -2.27. The van der Waals surface area contributed by atoms with Gasteiger partial charge in [-0.05, 0) is 0 Å². The second-order valence-electron chi connectivity index (χ2n) is 2.60. The standard InChI is InChI=1S/C8H9BrClNO/c1-6(12)11-7-4-2-3-5-8(7,9)10/h2-5,7H,1H3,(H,11,12). The Morgan fingerprint density at radius 3 is 2.83 bits per heavy atom. The summed E-state index contributed by atoms with van der Waals surface area (Å²) in [6.07, 6.45) is 7.31. The van der Waals surface area contributed by atoms with E-state index < -0.39 is 3.78 Å². The van der Waals surface area contributed by atoms with E-state index in [1.807, 2.05) is 18.2 Å². The topological polar surface area (TPSA) is 29.1 Å². The molecule has 0 radical (unpaired) electrons. The van der Waals surface area contributed by atoms with Crippen molar-refractivity contribution in [1.29, 1.82) is 0 Å². The highest BCUT2D eigenvalue weighted by Crippen LogP contribution is 2.32. The van der Waals surface area contributed by atoms with Crippen molar-refractivity contribution >= 4 is 33.4 Å². The predicted molar refractivity (Wildman–Crippen MR) is 53.4 cm³/mol. The van der Waals surface area contributed by atoms with Crippen LogP contribution in [-0.4, -0.2) is 15.7 Å². The van der Waals surface area contributed by atoms with E-state index in [2.05, 4.69) is 21.2 Å². The van der Waals surface area contributed by atoms with Gasteiger partial charge in [-0.3, -0.25) is 4.79 Å². The van der Waals surface area contributed by atoms with Crippen molar-refractivity contribution in [3.8, 4) is 0 Å². The maximum Gasteiger partial charge on any atom is 0.217 e. The van der Waals surface area contributed by atoms with Gasteiger partial charge >= 0.3 is 0 Å². The summed E-state index contributed by atoms with van der Waals surface area (Å²) in [6.45, 7) is 1.46. The fourth-order valence-electron chi connectivity index (χ4n) is 0.954. The first kappa shape index (κ1) is 9.81. The van der Waals surface area contributed by atoms with Crippen molar-refractivity contribution in [2.24, 2.45) is 0 Å². The molecular weight excluding hydrogens is 241 g/mol. The molecule has 12 heavy (non-hydrogen) atoms. The number of carbonyl (C=O) groups excluding carboxylic acids is 1. The van der Waals surface area contributed by atoms with Gasteiger partial charge in [-0.15, -0.1) is 0 Å². The van der Waals surface area contributed by atoms with Crippen molar-refractivity contribution < 1.29 is 4.79 Å². The summed E-state index contributed by atoms with van der Waals surface area (Å²) in [6, 6.07) is -0.193. The summed E-state index contributed by atoms with van der Waals surface area (Å²) in [5.74, 6) is -0.0931. The first-order chi connectivity index (χ1) is 5.52. The molecule has 0 fully saturated rings. The summed E-state index contributed by atoms with van der Waals surface area (Å²) in [7, 11) is 0. The summed E-state index contributed by atoms with van der Waals surface area (Å²) in [4.78, 5) is 10.8. The molecular formula is C8H9BrClNO. The van der Waals surface area contributed by atoms with Gasteiger partial charge in [0.1, 0.15) is 3.78 Å². The largest absolute Gasteiger partial charge is 0.347 e. The minimum Gasteiger partial charge on any atom is -0.347 e. The maximum atomic E-state index is 10.8. The van der Waals surface area contributed by atoms with Crippen LogP contribution in [0.25, 0.3) is 0 Å². The fraction of sp³-hybridized carbons (Fsp3) is 0.375. The second-order valence-corrected chi connectivity index (χ2v) is 4.99. The van der Waals surface area contributed by atoms with Gasteiger partial charge < -0.3 is 5.32 Å². The molecule has 0 heterocycles. The molecule has 0 aliphatic heterocycles. The zero-order valence-corrected chi connectivity index (χ0v) is 8.89. The lowest BCUT2D eigenvalue weighted by Crippen LogP contribution is -2.43. The molecule has 0 saturated heterocycles. The molecule has 0 aromatic carbocycles. The molecule has 0 saturated carbocycles. The minimum absolute atomic E-state index is 0.0931. The molecule has 1 amide bonds. The van der Waals surface area contributed by atoms with Crippen molar-refractivity contribution in [3.63, 3.8) is 0 Å². The lowest BCUT2D eigenvalue weighted by molar-refractivity contribution is -0.119. The molecule has 1 N–H and O–H groups in total. The Morgan fingerprint density at radius 1 is 1.67 bits per heavy atom. The number of halogens is 2. The molecule has 66 valence electrons. The van der Waals surface area contributed by atoms with Crippen LogP contribution in [0.4, 0.5) is 0 Å². The highest BCUT2D eigenvalue weighted by atomic mass is 79.9. The van der Waals surface area contributed by atoms with Crippen LogP contribution in [0.2, 0.25) is 0 Å². The van der Waals surface area contributed by atoms with Gasteiger partial charge in [0.05, 0.1) is 6.04 Å². The Labute approximate surface area is 84.8 Å². The SMILES string of the molecule is CC(=O)NC1C=CC=CC1(Cl)Br. The Kier molecular flexibility index (Phi) is 2.96. The van der Waals surface area contributed by atoms with Gasteiger partial charge in [-0.2, -0.15) is 0 Å². The summed E-state index contributed by atoms with van der Waals surface area (Å²) in [5.41, 5.74) is 0. The molecule has 2 unspecified atom stereocenters. The molecule has 2 nitrogen and oxygen atoms in total. The van der Waals surface area contributed by atoms with E-state index in [-0.39, 0.29) is 11.9 Å². The molecule has 1 rings (SSSR count). The number of carbonyl (C=O) groups is 1. The van der Waals surface area contributed by atoms with Gasteiger partial charge in [-0.25, -0.2) is 0 Å². The number of alkyl halides is 2. The third kappa shape index (κ3) is 2.35. The highest BCUT2D eigenvalue weighted by molar-refractivity contribution is 9.10. The van der Waals surface area contributed by atoms with Crippen LogP contribution in [0.3, 0.4) is 0 Å². The smallest absolute Gasteiger partial charge is 0.217 e. The van der Waals surface area contributed by atoms with Crippen molar-refractivity contribution in [2.75, 3.05) is 0 Å². The molecule has 4 heteroatoms. The number of allylic oxidation sites excluding steroid dienone is 2. The van der Waals surface area contributed by atoms with Crippen LogP contribution >= 0.6 is 27.5 Å². The molecule has 0 aromatic rings. The monoisotopic (exact) mass is 249 g/mol. The van der Waals surface area contributed by atoms with Crippen LogP contribution in [0.5, 0.6) is 0 Å². The van der Waals surface area contributed by atoms with Gasteiger partial charge in [0.2, 0.25) is 5.91 Å².